The SMILES string of the molecule is CC(=O)SC1CC(=O)N(c2cccc(C(F)(F)F)c2C)C1. The molecule has 0 bridgehead atoms. The van der Waals surface area contributed by atoms with Gasteiger partial charge in [-0.15, -0.1) is 0 Å². The Kier molecular flexibility index (Phi) is 4.32. The molecule has 0 N–H and O–H groups in total. The lowest BCUT2D eigenvalue weighted by molar-refractivity contribution is -0.138. The van der Waals surface area contributed by atoms with Crippen LogP contribution in [0.4, 0.5) is 18.9 Å². The first-order chi connectivity index (χ1) is 9.70. The highest BCUT2D eigenvalue weighted by molar-refractivity contribution is 8.14. The maximum atomic E-state index is 12.9. The van der Waals surface area contributed by atoms with Crippen LogP contribution in [0, 0.1) is 6.92 Å². The molecule has 2 rings (SSSR count). The molecule has 1 saturated heterocycles. The van der Waals surface area contributed by atoms with E-state index in [9.17, 15) is 22.8 Å². The fourth-order valence-corrected chi connectivity index (χ4v) is 3.36. The van der Waals surface area contributed by atoms with Crippen LogP contribution in [0.3, 0.4) is 0 Å². The maximum Gasteiger partial charge on any atom is 0.416 e. The highest BCUT2D eigenvalue weighted by atomic mass is 32.2. The summed E-state index contributed by atoms with van der Waals surface area (Å²) in [4.78, 5) is 24.4. The van der Waals surface area contributed by atoms with Gasteiger partial charge in [0.25, 0.3) is 0 Å². The molecule has 1 aliphatic heterocycles. The minimum absolute atomic E-state index is 0.0341. The molecule has 1 unspecified atom stereocenters. The van der Waals surface area contributed by atoms with E-state index in [1.165, 1.54) is 30.9 Å². The van der Waals surface area contributed by atoms with Crippen LogP contribution in [0.2, 0.25) is 0 Å². The summed E-state index contributed by atoms with van der Waals surface area (Å²) in [6.45, 7) is 3.02. The highest BCUT2D eigenvalue weighted by Gasteiger charge is 2.36. The number of alkyl halides is 3. The van der Waals surface area contributed by atoms with Crippen molar-refractivity contribution >= 4 is 28.5 Å². The van der Waals surface area contributed by atoms with Crippen LogP contribution in [0.1, 0.15) is 24.5 Å². The van der Waals surface area contributed by atoms with Gasteiger partial charge in [0.2, 0.25) is 5.91 Å². The molecule has 21 heavy (non-hydrogen) atoms. The van der Waals surface area contributed by atoms with Gasteiger partial charge in [0.15, 0.2) is 5.12 Å². The fourth-order valence-electron chi connectivity index (χ4n) is 2.44. The van der Waals surface area contributed by atoms with E-state index in [1.54, 1.807) is 0 Å². The first-order valence-electron chi connectivity index (χ1n) is 6.34. The second-order valence-corrected chi connectivity index (χ2v) is 6.36. The average Bonchev–Trinajstić information content (AvgIpc) is 2.67. The van der Waals surface area contributed by atoms with E-state index in [0.717, 1.165) is 17.8 Å². The van der Waals surface area contributed by atoms with Crippen molar-refractivity contribution in [3.05, 3.63) is 29.3 Å². The van der Waals surface area contributed by atoms with E-state index in [2.05, 4.69) is 0 Å². The smallest absolute Gasteiger partial charge is 0.311 e. The minimum atomic E-state index is -4.45. The van der Waals surface area contributed by atoms with Crippen LogP contribution in [0.15, 0.2) is 18.2 Å². The van der Waals surface area contributed by atoms with Crippen molar-refractivity contribution in [3.8, 4) is 0 Å². The van der Waals surface area contributed by atoms with Gasteiger partial charge in [0.05, 0.1) is 5.56 Å². The number of carbonyl (C=O) groups excluding carboxylic acids is 2. The number of halogens is 3. The number of hydrogen-bond donors (Lipinski definition) is 0. The third-order valence-electron chi connectivity index (χ3n) is 3.32. The van der Waals surface area contributed by atoms with Gasteiger partial charge < -0.3 is 4.90 Å². The predicted molar refractivity (Wildman–Crippen MR) is 75.2 cm³/mol. The topological polar surface area (TPSA) is 37.4 Å². The number of thioether (sulfide) groups is 1. The van der Waals surface area contributed by atoms with E-state index in [4.69, 9.17) is 0 Å². The van der Waals surface area contributed by atoms with Crippen molar-refractivity contribution in [1.29, 1.82) is 0 Å². The van der Waals surface area contributed by atoms with Crippen LogP contribution < -0.4 is 4.90 Å². The molecule has 1 aromatic rings. The normalized spacial score (nSPS) is 19.2. The lowest BCUT2D eigenvalue weighted by Gasteiger charge is -2.21. The zero-order valence-electron chi connectivity index (χ0n) is 11.5. The average molecular weight is 317 g/mol. The summed E-state index contributed by atoms with van der Waals surface area (Å²) in [6.07, 6.45) is -4.28. The van der Waals surface area contributed by atoms with Crippen LogP contribution >= 0.6 is 11.8 Å². The van der Waals surface area contributed by atoms with Gasteiger partial charge in [-0.2, -0.15) is 13.2 Å². The van der Waals surface area contributed by atoms with E-state index in [1.807, 2.05) is 0 Å². The highest BCUT2D eigenvalue weighted by Crippen LogP contribution is 2.37. The third kappa shape index (κ3) is 3.40. The largest absolute Gasteiger partial charge is 0.416 e. The van der Waals surface area contributed by atoms with Crippen molar-refractivity contribution in [2.24, 2.45) is 0 Å². The monoisotopic (exact) mass is 317 g/mol. The number of rotatable bonds is 2. The summed E-state index contributed by atoms with van der Waals surface area (Å²) < 4.78 is 38.7. The van der Waals surface area contributed by atoms with Crippen molar-refractivity contribution in [2.75, 3.05) is 11.4 Å². The standard InChI is InChI=1S/C14H14F3NO2S/c1-8-11(14(15,16)17)4-3-5-12(8)18-7-10(6-13(18)20)21-9(2)19/h3-5,10H,6-7H2,1-2H3. The van der Waals surface area contributed by atoms with Crippen LogP contribution in [0.25, 0.3) is 0 Å². The summed E-state index contributed by atoms with van der Waals surface area (Å²) in [7, 11) is 0. The van der Waals surface area contributed by atoms with Crippen molar-refractivity contribution in [1.82, 2.24) is 0 Å². The number of anilines is 1. The Balaban J connectivity index is 2.31. The molecule has 0 aliphatic carbocycles. The molecule has 0 saturated carbocycles. The second-order valence-electron chi connectivity index (χ2n) is 4.89. The molecule has 3 nitrogen and oxygen atoms in total. The Labute approximate surface area is 124 Å². The molecule has 1 fully saturated rings. The fraction of sp³-hybridized carbons (Fsp3) is 0.429. The number of hydrogen-bond acceptors (Lipinski definition) is 3. The summed E-state index contributed by atoms with van der Waals surface area (Å²) in [5, 5.41) is -0.306. The maximum absolute atomic E-state index is 12.9. The van der Waals surface area contributed by atoms with Crippen LogP contribution in [-0.4, -0.2) is 22.8 Å². The molecular weight excluding hydrogens is 303 g/mol. The summed E-state index contributed by atoms with van der Waals surface area (Å²) in [6, 6.07) is 3.80. The number of carbonyl (C=O) groups is 2. The number of nitrogens with zero attached hydrogens (tertiary/aromatic N) is 1. The van der Waals surface area contributed by atoms with Gasteiger partial charge in [0.1, 0.15) is 0 Å². The van der Waals surface area contributed by atoms with E-state index in [-0.39, 0.29) is 40.5 Å². The molecule has 0 spiro atoms. The Morgan fingerprint density at radius 1 is 1.38 bits per heavy atom. The summed E-state index contributed by atoms with van der Waals surface area (Å²) in [5.74, 6) is -0.254. The lowest BCUT2D eigenvalue weighted by Crippen LogP contribution is -2.26. The quantitative estimate of drug-likeness (QED) is 0.839. The summed E-state index contributed by atoms with van der Waals surface area (Å²) in [5.41, 5.74) is -0.441. The minimum Gasteiger partial charge on any atom is -0.311 e. The van der Waals surface area contributed by atoms with Gasteiger partial charge in [-0.1, -0.05) is 17.8 Å². The van der Waals surface area contributed by atoms with Gasteiger partial charge in [-0.3, -0.25) is 9.59 Å². The first kappa shape index (κ1) is 15.9. The Morgan fingerprint density at radius 3 is 2.62 bits per heavy atom. The van der Waals surface area contributed by atoms with Gasteiger partial charge >= 0.3 is 6.18 Å². The predicted octanol–water partition coefficient (Wildman–Crippen LogP) is 3.40. The molecule has 1 aliphatic rings. The number of benzene rings is 1. The Bertz CT molecular complexity index is 586. The molecule has 0 aromatic heterocycles. The molecule has 7 heteroatoms. The number of amides is 1. The molecule has 1 atom stereocenters. The third-order valence-corrected chi connectivity index (χ3v) is 4.30. The molecule has 1 heterocycles. The molecule has 1 amide bonds. The van der Waals surface area contributed by atoms with Gasteiger partial charge in [0, 0.05) is 30.8 Å². The second kappa shape index (κ2) is 5.71. The van der Waals surface area contributed by atoms with Crippen LogP contribution in [-0.2, 0) is 15.8 Å². The van der Waals surface area contributed by atoms with Crippen molar-refractivity contribution < 1.29 is 22.8 Å². The first-order valence-corrected chi connectivity index (χ1v) is 7.22. The van der Waals surface area contributed by atoms with Crippen molar-refractivity contribution in [2.45, 2.75) is 31.7 Å². The molecule has 0 radical (unpaired) electrons. The van der Waals surface area contributed by atoms with E-state index in [0.29, 0.717) is 0 Å². The molecular formula is C14H14F3NO2S. The Hall–Kier alpha value is -1.50. The molecule has 1 aromatic carbocycles. The zero-order valence-corrected chi connectivity index (χ0v) is 12.3. The van der Waals surface area contributed by atoms with Gasteiger partial charge in [-0.05, 0) is 24.6 Å². The zero-order chi connectivity index (χ0) is 15.8. The van der Waals surface area contributed by atoms with E-state index >= 15 is 0 Å². The van der Waals surface area contributed by atoms with Crippen molar-refractivity contribution in [3.63, 3.8) is 0 Å². The van der Waals surface area contributed by atoms with Gasteiger partial charge in [-0.25, -0.2) is 0 Å². The lowest BCUT2D eigenvalue weighted by atomic mass is 10.1. The molecule has 114 valence electrons. The Morgan fingerprint density at radius 2 is 2.05 bits per heavy atom. The van der Waals surface area contributed by atoms with E-state index < -0.39 is 11.7 Å². The summed E-state index contributed by atoms with van der Waals surface area (Å²) >= 11 is 1.06. The van der Waals surface area contributed by atoms with Crippen LogP contribution in [0.5, 0.6) is 0 Å².